The van der Waals surface area contributed by atoms with Crippen molar-refractivity contribution in [3.63, 3.8) is 0 Å². The number of hydrogen-bond donors (Lipinski definition) is 1. The zero-order chi connectivity index (χ0) is 18.4. The summed E-state index contributed by atoms with van der Waals surface area (Å²) in [6, 6.07) is 13.9. The van der Waals surface area contributed by atoms with Crippen LogP contribution in [-0.4, -0.2) is 57.0 Å². The quantitative estimate of drug-likeness (QED) is 0.801. The van der Waals surface area contributed by atoms with Gasteiger partial charge >= 0.3 is 0 Å². The number of carbonyl (C=O) groups excluding carboxylic acids is 1. The Balaban J connectivity index is 2.21. The summed E-state index contributed by atoms with van der Waals surface area (Å²) in [4.78, 5) is 16.1. The Labute approximate surface area is 150 Å². The fraction of sp³-hybridized carbons (Fsp3) is 0.350. The van der Waals surface area contributed by atoms with Crippen molar-refractivity contribution in [2.24, 2.45) is 5.73 Å². The topological polar surface area (TPSA) is 58.8 Å². The molecule has 134 valence electrons. The first kappa shape index (κ1) is 19.0. The summed E-state index contributed by atoms with van der Waals surface area (Å²) in [7, 11) is 7.81. The number of likely N-dealkylation sites (N-methyl/N-ethyl adjacent to an activating group) is 2. The van der Waals surface area contributed by atoms with Gasteiger partial charge in [-0.25, -0.2) is 0 Å². The van der Waals surface area contributed by atoms with E-state index in [1.807, 2.05) is 18.2 Å². The summed E-state index contributed by atoms with van der Waals surface area (Å²) in [5, 5.41) is 0. The van der Waals surface area contributed by atoms with Gasteiger partial charge in [0, 0.05) is 19.6 Å². The van der Waals surface area contributed by atoms with Gasteiger partial charge in [0.2, 0.25) is 0 Å². The Morgan fingerprint density at radius 3 is 2.40 bits per heavy atom. The summed E-state index contributed by atoms with van der Waals surface area (Å²) in [5.74, 6) is 0.00842. The van der Waals surface area contributed by atoms with Crippen molar-refractivity contribution in [2.75, 3.05) is 41.3 Å². The van der Waals surface area contributed by atoms with Crippen LogP contribution in [0.25, 0.3) is 11.1 Å². The average Bonchev–Trinajstić information content (AvgIpc) is 2.59. The largest absolute Gasteiger partial charge is 0.496 e. The van der Waals surface area contributed by atoms with Gasteiger partial charge in [0.25, 0.3) is 5.91 Å². The highest BCUT2D eigenvalue weighted by Crippen LogP contribution is 2.27. The van der Waals surface area contributed by atoms with Crippen LogP contribution in [0.3, 0.4) is 0 Å². The normalized spacial score (nSPS) is 11.1. The van der Waals surface area contributed by atoms with Crippen LogP contribution in [0.2, 0.25) is 0 Å². The van der Waals surface area contributed by atoms with E-state index >= 15 is 0 Å². The van der Waals surface area contributed by atoms with Gasteiger partial charge < -0.3 is 20.3 Å². The van der Waals surface area contributed by atoms with Crippen LogP contribution < -0.4 is 10.5 Å². The van der Waals surface area contributed by atoms with Crippen molar-refractivity contribution in [2.45, 2.75) is 6.54 Å². The van der Waals surface area contributed by atoms with Crippen LogP contribution in [0.5, 0.6) is 5.75 Å². The lowest BCUT2D eigenvalue weighted by molar-refractivity contribution is 0.0997. The standard InChI is InChI=1S/C20H27N3O2/c1-22(2)10-11-23(3)14-15-6-5-7-16(12-15)17-8-9-19(25-4)18(13-17)20(21)24/h5-9,12-13H,10-11,14H2,1-4H3,(H2,21,24). The third kappa shape index (κ3) is 5.31. The maximum Gasteiger partial charge on any atom is 0.252 e. The molecule has 0 aliphatic rings. The Morgan fingerprint density at radius 2 is 1.76 bits per heavy atom. The number of hydrogen-bond acceptors (Lipinski definition) is 4. The molecular formula is C20H27N3O2. The van der Waals surface area contributed by atoms with Crippen molar-refractivity contribution in [1.29, 1.82) is 0 Å². The molecule has 0 aliphatic carbocycles. The SMILES string of the molecule is COc1ccc(-c2cccc(CN(C)CCN(C)C)c2)cc1C(N)=O. The lowest BCUT2D eigenvalue weighted by Gasteiger charge is -2.19. The Morgan fingerprint density at radius 1 is 1.04 bits per heavy atom. The molecule has 0 unspecified atom stereocenters. The smallest absolute Gasteiger partial charge is 0.252 e. The number of methoxy groups -OCH3 is 1. The van der Waals surface area contributed by atoms with Crippen molar-refractivity contribution < 1.29 is 9.53 Å². The van der Waals surface area contributed by atoms with Crippen molar-refractivity contribution >= 4 is 5.91 Å². The lowest BCUT2D eigenvalue weighted by Crippen LogP contribution is -2.28. The highest BCUT2D eigenvalue weighted by molar-refractivity contribution is 5.97. The van der Waals surface area contributed by atoms with E-state index in [0.29, 0.717) is 11.3 Å². The second kappa shape index (κ2) is 8.65. The van der Waals surface area contributed by atoms with Crippen LogP contribution in [0.1, 0.15) is 15.9 Å². The summed E-state index contributed by atoms with van der Waals surface area (Å²) >= 11 is 0. The second-order valence-electron chi connectivity index (χ2n) is 6.52. The highest BCUT2D eigenvalue weighted by Gasteiger charge is 2.11. The molecule has 5 nitrogen and oxygen atoms in total. The highest BCUT2D eigenvalue weighted by atomic mass is 16.5. The third-order valence-electron chi connectivity index (χ3n) is 4.11. The molecule has 0 spiro atoms. The molecule has 2 aromatic carbocycles. The summed E-state index contributed by atoms with van der Waals surface area (Å²) in [6.07, 6.45) is 0. The minimum absolute atomic E-state index is 0.397. The summed E-state index contributed by atoms with van der Waals surface area (Å²) < 4.78 is 5.21. The van der Waals surface area contributed by atoms with Gasteiger partial charge in [-0.15, -0.1) is 0 Å². The fourth-order valence-electron chi connectivity index (χ4n) is 2.69. The molecule has 2 aromatic rings. The molecule has 1 amide bonds. The Bertz CT molecular complexity index is 729. The number of carbonyl (C=O) groups is 1. The number of amides is 1. The predicted octanol–water partition coefficient (Wildman–Crippen LogP) is 2.45. The maximum atomic E-state index is 11.6. The molecule has 2 N–H and O–H groups in total. The van der Waals surface area contributed by atoms with E-state index in [1.165, 1.54) is 12.7 Å². The van der Waals surface area contributed by atoms with E-state index in [-0.39, 0.29) is 0 Å². The number of nitrogens with two attached hydrogens (primary N) is 1. The van der Waals surface area contributed by atoms with Crippen LogP contribution in [0.15, 0.2) is 42.5 Å². The van der Waals surface area contributed by atoms with Gasteiger partial charge in [-0.1, -0.05) is 24.3 Å². The molecule has 0 bridgehead atoms. The van der Waals surface area contributed by atoms with Gasteiger partial charge in [0.1, 0.15) is 5.75 Å². The molecule has 2 rings (SSSR count). The van der Waals surface area contributed by atoms with E-state index in [4.69, 9.17) is 10.5 Å². The minimum atomic E-state index is -0.488. The van der Waals surface area contributed by atoms with Crippen molar-refractivity contribution in [3.8, 4) is 16.9 Å². The first-order valence-electron chi connectivity index (χ1n) is 8.31. The van der Waals surface area contributed by atoms with Gasteiger partial charge in [-0.3, -0.25) is 4.79 Å². The van der Waals surface area contributed by atoms with E-state index < -0.39 is 5.91 Å². The number of benzene rings is 2. The molecule has 0 fully saturated rings. The molecule has 5 heteroatoms. The Kier molecular flexibility index (Phi) is 6.56. The Hall–Kier alpha value is -2.37. The summed E-state index contributed by atoms with van der Waals surface area (Å²) in [6.45, 7) is 2.91. The van der Waals surface area contributed by atoms with E-state index in [0.717, 1.165) is 30.8 Å². The molecule has 0 aliphatic heterocycles. The number of ether oxygens (including phenoxy) is 1. The maximum absolute atomic E-state index is 11.6. The van der Waals surface area contributed by atoms with Crippen molar-refractivity contribution in [1.82, 2.24) is 9.80 Å². The van der Waals surface area contributed by atoms with Crippen LogP contribution in [0, 0.1) is 0 Å². The molecule has 25 heavy (non-hydrogen) atoms. The first-order chi connectivity index (χ1) is 11.9. The average molecular weight is 341 g/mol. The number of primary amides is 1. The van der Waals surface area contributed by atoms with E-state index in [1.54, 1.807) is 12.1 Å². The van der Waals surface area contributed by atoms with E-state index in [9.17, 15) is 4.79 Å². The zero-order valence-corrected chi connectivity index (χ0v) is 15.5. The molecule has 0 saturated heterocycles. The first-order valence-corrected chi connectivity index (χ1v) is 8.31. The molecule has 0 atom stereocenters. The molecule has 0 heterocycles. The van der Waals surface area contributed by atoms with Crippen molar-refractivity contribution in [3.05, 3.63) is 53.6 Å². The monoisotopic (exact) mass is 341 g/mol. The summed E-state index contributed by atoms with van der Waals surface area (Å²) in [5.41, 5.74) is 9.10. The van der Waals surface area contributed by atoms with Gasteiger partial charge in [0.15, 0.2) is 0 Å². The van der Waals surface area contributed by atoms with Gasteiger partial charge in [-0.2, -0.15) is 0 Å². The predicted molar refractivity (Wildman–Crippen MR) is 102 cm³/mol. The second-order valence-corrected chi connectivity index (χ2v) is 6.52. The van der Waals surface area contributed by atoms with Gasteiger partial charge in [0.05, 0.1) is 12.7 Å². The van der Waals surface area contributed by atoms with Crippen LogP contribution in [-0.2, 0) is 6.54 Å². The number of rotatable bonds is 8. The fourth-order valence-corrected chi connectivity index (χ4v) is 2.69. The molecule has 0 radical (unpaired) electrons. The lowest BCUT2D eigenvalue weighted by atomic mass is 10.00. The van der Waals surface area contributed by atoms with E-state index in [2.05, 4.69) is 43.1 Å². The van der Waals surface area contributed by atoms with Gasteiger partial charge in [-0.05, 0) is 56.0 Å². The minimum Gasteiger partial charge on any atom is -0.496 e. The van der Waals surface area contributed by atoms with Crippen LogP contribution in [0.4, 0.5) is 0 Å². The van der Waals surface area contributed by atoms with Crippen LogP contribution >= 0.6 is 0 Å². The third-order valence-corrected chi connectivity index (χ3v) is 4.11. The zero-order valence-electron chi connectivity index (χ0n) is 15.5. The molecular weight excluding hydrogens is 314 g/mol. The number of nitrogens with zero attached hydrogens (tertiary/aromatic N) is 2. The molecule has 0 aromatic heterocycles. The molecule has 0 saturated carbocycles.